The second-order valence-electron chi connectivity index (χ2n) is 5.16. The first-order chi connectivity index (χ1) is 9.56. The van der Waals surface area contributed by atoms with Crippen molar-refractivity contribution in [3.8, 4) is 0 Å². The van der Waals surface area contributed by atoms with Gasteiger partial charge in [0.1, 0.15) is 0 Å². The summed E-state index contributed by atoms with van der Waals surface area (Å²) in [6.07, 6.45) is 0.579. The summed E-state index contributed by atoms with van der Waals surface area (Å²) in [5.74, 6) is -3.46. The molecule has 3 aliphatic rings. The van der Waals surface area contributed by atoms with Gasteiger partial charge in [-0.2, -0.15) is 0 Å². The van der Waals surface area contributed by atoms with Crippen LogP contribution in [-0.2, 0) is 31.9 Å². The molecule has 0 spiro atoms. The van der Waals surface area contributed by atoms with E-state index < -0.39 is 35.7 Å². The van der Waals surface area contributed by atoms with Crippen molar-refractivity contribution in [3.63, 3.8) is 0 Å². The van der Waals surface area contributed by atoms with Crippen molar-refractivity contribution < 1.29 is 28.7 Å². The second-order valence-corrected chi connectivity index (χ2v) is 5.16. The standard InChI is InChI=1S/C14H8O6/c15-11-6-2-1-5-3-8-9(13(17)19-12(8)16)4-7(5)10(6)14(18)20-11/h1-2,8-9H,3-4H2. The van der Waals surface area contributed by atoms with Crippen LogP contribution in [0.1, 0.15) is 31.8 Å². The molecule has 20 heavy (non-hydrogen) atoms. The van der Waals surface area contributed by atoms with Crippen LogP contribution in [0.15, 0.2) is 12.1 Å². The predicted octanol–water partition coefficient (Wildman–Crippen LogP) is 0.412. The van der Waals surface area contributed by atoms with Gasteiger partial charge in [-0.1, -0.05) is 6.07 Å². The third kappa shape index (κ3) is 1.28. The number of rotatable bonds is 0. The number of fused-ring (bicyclic) bond motifs is 4. The zero-order valence-electron chi connectivity index (χ0n) is 10.2. The molecule has 1 aliphatic carbocycles. The molecule has 0 aromatic heterocycles. The number of ether oxygens (including phenoxy) is 2. The van der Waals surface area contributed by atoms with E-state index in [9.17, 15) is 19.2 Å². The first-order valence-corrected chi connectivity index (χ1v) is 6.23. The van der Waals surface area contributed by atoms with Crippen LogP contribution < -0.4 is 0 Å². The maximum Gasteiger partial charge on any atom is 0.347 e. The van der Waals surface area contributed by atoms with E-state index in [1.165, 1.54) is 6.07 Å². The van der Waals surface area contributed by atoms with Gasteiger partial charge >= 0.3 is 23.9 Å². The Labute approximate surface area is 112 Å². The van der Waals surface area contributed by atoms with E-state index in [1.807, 2.05) is 0 Å². The lowest BCUT2D eigenvalue weighted by Crippen LogP contribution is -2.29. The summed E-state index contributed by atoms with van der Waals surface area (Å²) in [5.41, 5.74) is 1.89. The fourth-order valence-corrected chi connectivity index (χ4v) is 3.20. The molecule has 1 fully saturated rings. The molecule has 0 amide bonds. The molecule has 1 aromatic carbocycles. The average molecular weight is 272 g/mol. The van der Waals surface area contributed by atoms with Crippen molar-refractivity contribution in [2.45, 2.75) is 12.8 Å². The number of benzene rings is 1. The molecule has 100 valence electrons. The van der Waals surface area contributed by atoms with Crippen LogP contribution in [0.5, 0.6) is 0 Å². The lowest BCUT2D eigenvalue weighted by Gasteiger charge is -2.23. The van der Waals surface area contributed by atoms with E-state index in [0.717, 1.165) is 5.56 Å². The summed E-state index contributed by atoms with van der Waals surface area (Å²) >= 11 is 0. The number of cyclic esters (lactones) is 4. The lowest BCUT2D eigenvalue weighted by atomic mass is 9.75. The first kappa shape index (κ1) is 11.3. The zero-order chi connectivity index (χ0) is 14.0. The van der Waals surface area contributed by atoms with Crippen molar-refractivity contribution in [2.24, 2.45) is 11.8 Å². The molecule has 2 aliphatic heterocycles. The molecule has 0 bridgehead atoms. The number of hydrogen-bond acceptors (Lipinski definition) is 6. The van der Waals surface area contributed by atoms with Gasteiger partial charge in [-0.25, -0.2) is 9.59 Å². The van der Waals surface area contributed by atoms with Crippen LogP contribution in [0.3, 0.4) is 0 Å². The maximum atomic E-state index is 11.8. The van der Waals surface area contributed by atoms with E-state index in [0.29, 0.717) is 12.0 Å². The molecule has 1 saturated heterocycles. The molecule has 0 N–H and O–H groups in total. The molecule has 6 heteroatoms. The Balaban J connectivity index is 1.88. The molecular weight excluding hydrogens is 264 g/mol. The van der Waals surface area contributed by atoms with Crippen molar-refractivity contribution in [2.75, 3.05) is 0 Å². The van der Waals surface area contributed by atoms with Crippen LogP contribution >= 0.6 is 0 Å². The summed E-state index contributed by atoms with van der Waals surface area (Å²) in [6.45, 7) is 0. The molecular formula is C14H8O6. The highest BCUT2D eigenvalue weighted by atomic mass is 16.6. The predicted molar refractivity (Wildman–Crippen MR) is 61.7 cm³/mol. The molecule has 0 saturated carbocycles. The van der Waals surface area contributed by atoms with Crippen LogP contribution in [0.2, 0.25) is 0 Å². The highest BCUT2D eigenvalue weighted by Crippen LogP contribution is 2.39. The van der Waals surface area contributed by atoms with Crippen molar-refractivity contribution in [1.82, 2.24) is 0 Å². The van der Waals surface area contributed by atoms with E-state index in [1.54, 1.807) is 6.07 Å². The fraction of sp³-hybridized carbons (Fsp3) is 0.286. The maximum absolute atomic E-state index is 11.8. The van der Waals surface area contributed by atoms with Gasteiger partial charge in [0.25, 0.3) is 0 Å². The van der Waals surface area contributed by atoms with Gasteiger partial charge < -0.3 is 9.47 Å². The Bertz CT molecular complexity index is 717. The monoisotopic (exact) mass is 272 g/mol. The smallest absolute Gasteiger partial charge is 0.347 e. The minimum absolute atomic E-state index is 0.227. The molecule has 2 unspecified atom stereocenters. The number of carbonyl (C=O) groups excluding carboxylic acids is 4. The van der Waals surface area contributed by atoms with Crippen molar-refractivity contribution in [3.05, 3.63) is 34.4 Å². The topological polar surface area (TPSA) is 86.7 Å². The molecule has 2 heterocycles. The van der Waals surface area contributed by atoms with E-state index in [4.69, 9.17) is 0 Å². The number of hydrogen-bond donors (Lipinski definition) is 0. The van der Waals surface area contributed by atoms with Crippen molar-refractivity contribution >= 4 is 23.9 Å². The number of esters is 4. The molecule has 1 aromatic rings. The van der Waals surface area contributed by atoms with Gasteiger partial charge in [0.15, 0.2) is 0 Å². The first-order valence-electron chi connectivity index (χ1n) is 6.23. The Kier molecular flexibility index (Phi) is 2.00. The summed E-state index contributed by atoms with van der Waals surface area (Å²) in [4.78, 5) is 46.5. The quantitative estimate of drug-likeness (QED) is 0.502. The normalized spacial score (nSPS) is 26.8. The average Bonchev–Trinajstić information content (AvgIpc) is 2.86. The van der Waals surface area contributed by atoms with E-state index in [2.05, 4.69) is 9.47 Å². The van der Waals surface area contributed by atoms with Crippen LogP contribution in [0, 0.1) is 11.8 Å². The SMILES string of the molecule is O=C1OC(=O)c2c1ccc1c2CC2C(=O)OC(=O)C2C1. The molecule has 0 radical (unpaired) electrons. The molecule has 4 rings (SSSR count). The second kappa shape index (κ2) is 3.53. The third-order valence-corrected chi connectivity index (χ3v) is 4.18. The highest BCUT2D eigenvalue weighted by molar-refractivity contribution is 6.15. The summed E-state index contributed by atoms with van der Waals surface area (Å²) in [7, 11) is 0. The molecule has 6 nitrogen and oxygen atoms in total. The van der Waals surface area contributed by atoms with Gasteiger partial charge in [0, 0.05) is 0 Å². The van der Waals surface area contributed by atoms with E-state index >= 15 is 0 Å². The van der Waals surface area contributed by atoms with Crippen LogP contribution in [0.25, 0.3) is 0 Å². The summed E-state index contributed by atoms with van der Waals surface area (Å²) in [6, 6.07) is 3.24. The van der Waals surface area contributed by atoms with E-state index in [-0.39, 0.29) is 17.5 Å². The number of carbonyl (C=O) groups is 4. The Hall–Kier alpha value is -2.50. The van der Waals surface area contributed by atoms with Gasteiger partial charge in [0.05, 0.1) is 23.0 Å². The van der Waals surface area contributed by atoms with Gasteiger partial charge in [-0.15, -0.1) is 0 Å². The zero-order valence-corrected chi connectivity index (χ0v) is 10.2. The Morgan fingerprint density at radius 2 is 1.55 bits per heavy atom. The van der Waals surface area contributed by atoms with Gasteiger partial charge in [0.2, 0.25) is 0 Å². The Morgan fingerprint density at radius 1 is 0.850 bits per heavy atom. The van der Waals surface area contributed by atoms with Gasteiger partial charge in [-0.05, 0) is 30.0 Å². The minimum atomic E-state index is -0.682. The van der Waals surface area contributed by atoms with Crippen LogP contribution in [0.4, 0.5) is 0 Å². The summed E-state index contributed by atoms with van der Waals surface area (Å²) in [5, 5.41) is 0. The summed E-state index contributed by atoms with van der Waals surface area (Å²) < 4.78 is 9.24. The van der Waals surface area contributed by atoms with Crippen LogP contribution in [-0.4, -0.2) is 23.9 Å². The lowest BCUT2D eigenvalue weighted by molar-refractivity contribution is -0.153. The van der Waals surface area contributed by atoms with Crippen molar-refractivity contribution in [1.29, 1.82) is 0 Å². The molecule has 2 atom stereocenters. The van der Waals surface area contributed by atoms with Gasteiger partial charge in [-0.3, -0.25) is 9.59 Å². The highest BCUT2D eigenvalue weighted by Gasteiger charge is 2.48. The largest absolute Gasteiger partial charge is 0.393 e. The Morgan fingerprint density at radius 3 is 2.30 bits per heavy atom. The minimum Gasteiger partial charge on any atom is -0.393 e. The third-order valence-electron chi connectivity index (χ3n) is 4.18. The fourth-order valence-electron chi connectivity index (χ4n) is 3.20.